The molecule has 21 heavy (non-hydrogen) atoms. The summed E-state index contributed by atoms with van der Waals surface area (Å²) in [5.41, 5.74) is 3.63. The third kappa shape index (κ3) is 3.25. The Morgan fingerprint density at radius 1 is 1.14 bits per heavy atom. The van der Waals surface area contributed by atoms with Crippen LogP contribution < -0.4 is 14.8 Å². The van der Waals surface area contributed by atoms with E-state index in [1.165, 1.54) is 29.5 Å². The average molecular weight is 368 g/mol. The van der Waals surface area contributed by atoms with Crippen molar-refractivity contribution >= 4 is 27.3 Å². The summed E-state index contributed by atoms with van der Waals surface area (Å²) in [7, 11) is 3.35. The third-order valence-corrected chi connectivity index (χ3v) is 5.38. The van der Waals surface area contributed by atoms with Crippen LogP contribution >= 0.6 is 27.3 Å². The molecule has 1 N–H and O–H groups in total. The molecular weight excluding hydrogens is 350 g/mol. The Labute approximate surface area is 137 Å². The molecule has 0 bridgehead atoms. The van der Waals surface area contributed by atoms with E-state index in [1.54, 1.807) is 25.6 Å². The number of hydrogen-bond donors (Lipinski definition) is 1. The Bertz CT molecular complexity index is 637. The summed E-state index contributed by atoms with van der Waals surface area (Å²) in [6.07, 6.45) is 2.57. The molecule has 1 heterocycles. The van der Waals surface area contributed by atoms with Gasteiger partial charge in [0.05, 0.1) is 14.2 Å². The summed E-state index contributed by atoms with van der Waals surface area (Å²) in [5, 5.41) is 7.84. The maximum Gasteiger partial charge on any atom is 0.161 e. The van der Waals surface area contributed by atoms with Crippen LogP contribution in [-0.4, -0.2) is 20.3 Å². The number of thiophene rings is 1. The highest BCUT2D eigenvalue weighted by atomic mass is 79.9. The minimum atomic E-state index is 0.678. The van der Waals surface area contributed by atoms with Gasteiger partial charge in [0.1, 0.15) is 0 Å². The van der Waals surface area contributed by atoms with Crippen molar-refractivity contribution in [2.24, 2.45) is 0 Å². The van der Waals surface area contributed by atoms with Crippen LogP contribution in [-0.2, 0) is 6.54 Å². The van der Waals surface area contributed by atoms with Crippen LogP contribution in [0, 0.1) is 0 Å². The van der Waals surface area contributed by atoms with Crippen molar-refractivity contribution in [3.8, 4) is 22.6 Å². The molecule has 0 aliphatic heterocycles. The highest BCUT2D eigenvalue weighted by Crippen LogP contribution is 2.40. The first-order valence-corrected chi connectivity index (χ1v) is 8.67. The van der Waals surface area contributed by atoms with Gasteiger partial charge in [0.15, 0.2) is 11.5 Å². The lowest BCUT2D eigenvalue weighted by atomic mass is 10.0. The second-order valence-corrected chi connectivity index (χ2v) is 6.75. The zero-order valence-electron chi connectivity index (χ0n) is 12.1. The number of benzene rings is 1. The van der Waals surface area contributed by atoms with E-state index in [0.29, 0.717) is 6.04 Å². The molecule has 0 saturated heterocycles. The molecule has 3 nitrogen and oxygen atoms in total. The lowest BCUT2D eigenvalue weighted by Crippen LogP contribution is -2.16. The van der Waals surface area contributed by atoms with E-state index >= 15 is 0 Å². The molecule has 1 fully saturated rings. The molecule has 1 aliphatic rings. The summed E-state index contributed by atoms with van der Waals surface area (Å²) in [6.45, 7) is 0.850. The van der Waals surface area contributed by atoms with Crippen LogP contribution in [0.2, 0.25) is 0 Å². The highest BCUT2D eigenvalue weighted by molar-refractivity contribution is 9.10. The van der Waals surface area contributed by atoms with Crippen LogP contribution in [0.15, 0.2) is 27.4 Å². The molecule has 112 valence electrons. The molecule has 0 atom stereocenters. The number of rotatable bonds is 6. The predicted molar refractivity (Wildman–Crippen MR) is 90.4 cm³/mol. The van der Waals surface area contributed by atoms with Crippen molar-refractivity contribution in [1.82, 2.24) is 5.32 Å². The predicted octanol–water partition coefficient (Wildman–Crippen LogP) is 4.45. The molecule has 3 rings (SSSR count). The van der Waals surface area contributed by atoms with E-state index in [-0.39, 0.29) is 0 Å². The van der Waals surface area contributed by atoms with Gasteiger partial charge in [-0.1, -0.05) is 0 Å². The van der Waals surface area contributed by atoms with Crippen molar-refractivity contribution in [2.75, 3.05) is 14.2 Å². The minimum Gasteiger partial charge on any atom is -0.493 e. The van der Waals surface area contributed by atoms with Crippen molar-refractivity contribution < 1.29 is 9.47 Å². The number of nitrogens with one attached hydrogen (secondary N) is 1. The van der Waals surface area contributed by atoms with Gasteiger partial charge in [-0.05, 0) is 57.4 Å². The normalized spacial score (nSPS) is 14.2. The van der Waals surface area contributed by atoms with Crippen LogP contribution in [0.3, 0.4) is 0 Å². The number of hydrogen-bond acceptors (Lipinski definition) is 4. The zero-order valence-corrected chi connectivity index (χ0v) is 14.5. The quantitative estimate of drug-likeness (QED) is 0.817. The lowest BCUT2D eigenvalue weighted by Gasteiger charge is -2.15. The fourth-order valence-electron chi connectivity index (χ4n) is 2.33. The fraction of sp³-hybridized carbons (Fsp3) is 0.375. The first-order chi connectivity index (χ1) is 10.2. The molecule has 0 spiro atoms. The van der Waals surface area contributed by atoms with Gasteiger partial charge in [0.25, 0.3) is 0 Å². The van der Waals surface area contributed by atoms with Gasteiger partial charge in [0, 0.05) is 28.0 Å². The van der Waals surface area contributed by atoms with Crippen LogP contribution in [0.4, 0.5) is 0 Å². The molecule has 0 amide bonds. The first kappa shape index (κ1) is 14.9. The van der Waals surface area contributed by atoms with E-state index in [4.69, 9.17) is 9.47 Å². The minimum absolute atomic E-state index is 0.678. The van der Waals surface area contributed by atoms with E-state index in [1.807, 2.05) is 0 Å². The van der Waals surface area contributed by atoms with Gasteiger partial charge in [-0.25, -0.2) is 0 Å². The van der Waals surface area contributed by atoms with E-state index < -0.39 is 0 Å². The Morgan fingerprint density at radius 2 is 1.86 bits per heavy atom. The highest BCUT2D eigenvalue weighted by Gasteiger charge is 2.22. The Hall–Kier alpha value is -1.04. The lowest BCUT2D eigenvalue weighted by molar-refractivity contribution is 0.354. The van der Waals surface area contributed by atoms with E-state index in [2.05, 4.69) is 44.1 Å². The summed E-state index contributed by atoms with van der Waals surface area (Å²) in [5.74, 6) is 1.54. The smallest absolute Gasteiger partial charge is 0.161 e. The molecule has 0 unspecified atom stereocenters. The van der Waals surface area contributed by atoms with E-state index in [0.717, 1.165) is 22.5 Å². The van der Waals surface area contributed by atoms with Crippen molar-refractivity contribution in [1.29, 1.82) is 0 Å². The Kier molecular flexibility index (Phi) is 4.52. The number of methoxy groups -OCH3 is 2. The largest absolute Gasteiger partial charge is 0.493 e. The monoisotopic (exact) mass is 367 g/mol. The second kappa shape index (κ2) is 6.38. The van der Waals surface area contributed by atoms with Crippen LogP contribution in [0.5, 0.6) is 11.5 Å². The van der Waals surface area contributed by atoms with Crippen LogP contribution in [0.1, 0.15) is 18.4 Å². The van der Waals surface area contributed by atoms with Gasteiger partial charge >= 0.3 is 0 Å². The maximum atomic E-state index is 5.45. The summed E-state index contributed by atoms with van der Waals surface area (Å²) < 4.78 is 12.0. The molecule has 1 aliphatic carbocycles. The van der Waals surface area contributed by atoms with Crippen LogP contribution in [0.25, 0.3) is 11.1 Å². The topological polar surface area (TPSA) is 30.5 Å². The van der Waals surface area contributed by atoms with Crippen molar-refractivity contribution in [3.63, 3.8) is 0 Å². The number of halogens is 1. The van der Waals surface area contributed by atoms with Gasteiger partial charge in [0.2, 0.25) is 0 Å². The summed E-state index contributed by atoms with van der Waals surface area (Å²) in [6, 6.07) is 4.82. The van der Waals surface area contributed by atoms with Gasteiger partial charge < -0.3 is 14.8 Å². The summed E-state index contributed by atoms with van der Waals surface area (Å²) >= 11 is 5.32. The molecule has 0 radical (unpaired) electrons. The molecule has 5 heteroatoms. The fourth-order valence-corrected chi connectivity index (χ4v) is 3.84. The molecule has 2 aromatic rings. The molecular formula is C16H18BrNO2S. The van der Waals surface area contributed by atoms with Gasteiger partial charge in [-0.3, -0.25) is 0 Å². The van der Waals surface area contributed by atoms with Crippen molar-refractivity contribution in [2.45, 2.75) is 25.4 Å². The Balaban J connectivity index is 2.02. The summed E-state index contributed by atoms with van der Waals surface area (Å²) in [4.78, 5) is 0. The SMILES string of the molecule is COc1cc(CNC2CC2)c(-c2cscc2Br)cc1OC. The second-order valence-electron chi connectivity index (χ2n) is 5.15. The third-order valence-electron chi connectivity index (χ3n) is 3.67. The zero-order chi connectivity index (χ0) is 14.8. The maximum absolute atomic E-state index is 5.45. The molecule has 1 aromatic heterocycles. The Morgan fingerprint density at radius 3 is 2.43 bits per heavy atom. The first-order valence-electron chi connectivity index (χ1n) is 6.93. The van der Waals surface area contributed by atoms with Crippen molar-refractivity contribution in [3.05, 3.63) is 32.9 Å². The molecule has 1 saturated carbocycles. The standard InChI is InChI=1S/C16H18BrNO2S/c1-19-15-5-10(7-18-11-3-4-11)12(6-16(15)20-2)13-8-21-9-14(13)17/h5-6,8-9,11,18H,3-4,7H2,1-2H3. The average Bonchev–Trinajstić information content (AvgIpc) is 3.24. The van der Waals surface area contributed by atoms with Gasteiger partial charge in [-0.2, -0.15) is 11.3 Å². The van der Waals surface area contributed by atoms with E-state index in [9.17, 15) is 0 Å². The number of ether oxygens (including phenoxy) is 2. The van der Waals surface area contributed by atoms with Gasteiger partial charge in [-0.15, -0.1) is 0 Å². The molecule has 1 aromatic carbocycles.